The Morgan fingerprint density at radius 3 is 2.48 bits per heavy atom. The second kappa shape index (κ2) is 6.80. The zero-order valence-corrected chi connectivity index (χ0v) is 13.3. The van der Waals surface area contributed by atoms with Crippen molar-refractivity contribution in [2.45, 2.75) is 38.8 Å². The Kier molecular flexibility index (Phi) is 5.61. The van der Waals surface area contributed by atoms with Gasteiger partial charge in [-0.05, 0) is 39.3 Å². The van der Waals surface area contributed by atoms with Crippen molar-refractivity contribution >= 4 is 30.1 Å². The third-order valence-electron chi connectivity index (χ3n) is 2.96. The van der Waals surface area contributed by atoms with Crippen molar-refractivity contribution < 1.29 is 14.3 Å². The van der Waals surface area contributed by atoms with Crippen LogP contribution in [-0.2, 0) is 9.53 Å². The summed E-state index contributed by atoms with van der Waals surface area (Å²) in [5.74, 6) is -0.0953. The minimum atomic E-state index is -0.565. The average Bonchev–Trinajstić information content (AvgIpc) is 2.70. The SMILES string of the molecule is CC(C)(C)OC(=O)N[C@@H]1CCN(c2ccccc2)C1=O.Cl. The average molecular weight is 313 g/mol. The van der Waals surface area contributed by atoms with Crippen LogP contribution in [0.15, 0.2) is 30.3 Å². The first-order chi connectivity index (χ1) is 9.37. The highest BCUT2D eigenvalue weighted by atomic mass is 35.5. The minimum absolute atomic E-state index is 0. The minimum Gasteiger partial charge on any atom is -0.444 e. The number of amides is 2. The fourth-order valence-electron chi connectivity index (χ4n) is 2.13. The largest absolute Gasteiger partial charge is 0.444 e. The van der Waals surface area contributed by atoms with Gasteiger partial charge in [-0.1, -0.05) is 18.2 Å². The van der Waals surface area contributed by atoms with Crippen molar-refractivity contribution in [1.82, 2.24) is 5.32 Å². The number of halogens is 1. The fourth-order valence-corrected chi connectivity index (χ4v) is 2.13. The molecule has 0 bridgehead atoms. The molecule has 0 unspecified atom stereocenters. The van der Waals surface area contributed by atoms with Crippen LogP contribution in [0.4, 0.5) is 10.5 Å². The molecule has 1 saturated heterocycles. The molecule has 0 spiro atoms. The lowest BCUT2D eigenvalue weighted by Crippen LogP contribution is -2.43. The van der Waals surface area contributed by atoms with E-state index in [0.29, 0.717) is 13.0 Å². The Bertz CT molecular complexity index is 499. The monoisotopic (exact) mass is 312 g/mol. The van der Waals surface area contributed by atoms with Crippen LogP contribution in [0.1, 0.15) is 27.2 Å². The summed E-state index contributed by atoms with van der Waals surface area (Å²) in [5, 5.41) is 2.63. The van der Waals surface area contributed by atoms with E-state index in [1.807, 2.05) is 30.3 Å². The predicted octanol–water partition coefficient (Wildman–Crippen LogP) is 2.74. The molecule has 21 heavy (non-hydrogen) atoms. The van der Waals surface area contributed by atoms with Crippen molar-refractivity contribution in [3.05, 3.63) is 30.3 Å². The molecule has 2 amide bonds. The summed E-state index contributed by atoms with van der Waals surface area (Å²) in [6.07, 6.45) is 0.0400. The Balaban J connectivity index is 0.00000220. The molecule has 5 nitrogen and oxygen atoms in total. The molecule has 1 aromatic carbocycles. The number of carbonyl (C=O) groups excluding carboxylic acids is 2. The number of hydrogen-bond donors (Lipinski definition) is 1. The maximum Gasteiger partial charge on any atom is 0.408 e. The summed E-state index contributed by atoms with van der Waals surface area (Å²) in [7, 11) is 0. The number of nitrogens with one attached hydrogen (secondary N) is 1. The summed E-state index contributed by atoms with van der Waals surface area (Å²) in [5.41, 5.74) is 0.288. The van der Waals surface area contributed by atoms with E-state index in [-0.39, 0.29) is 18.3 Å². The predicted molar refractivity (Wildman–Crippen MR) is 83.8 cm³/mol. The number of nitrogens with zero attached hydrogens (tertiary/aromatic N) is 1. The highest BCUT2D eigenvalue weighted by Crippen LogP contribution is 2.21. The first-order valence-corrected chi connectivity index (χ1v) is 6.73. The van der Waals surface area contributed by atoms with Crippen LogP contribution >= 0.6 is 12.4 Å². The quantitative estimate of drug-likeness (QED) is 0.913. The second-order valence-corrected chi connectivity index (χ2v) is 5.81. The normalized spacial score (nSPS) is 18.1. The topological polar surface area (TPSA) is 58.6 Å². The van der Waals surface area contributed by atoms with Gasteiger partial charge in [0.2, 0.25) is 5.91 Å². The van der Waals surface area contributed by atoms with Gasteiger partial charge in [0.05, 0.1) is 0 Å². The molecule has 1 aliphatic rings. The molecule has 0 aliphatic carbocycles. The summed E-state index contributed by atoms with van der Waals surface area (Å²) >= 11 is 0. The molecular weight excluding hydrogens is 292 g/mol. The van der Waals surface area contributed by atoms with Crippen molar-refractivity contribution in [2.24, 2.45) is 0 Å². The molecular formula is C15H21ClN2O3. The van der Waals surface area contributed by atoms with E-state index in [1.165, 1.54) is 0 Å². The summed E-state index contributed by atoms with van der Waals surface area (Å²) < 4.78 is 5.17. The van der Waals surface area contributed by atoms with E-state index in [2.05, 4.69) is 5.32 Å². The number of alkyl carbamates (subject to hydrolysis) is 1. The Morgan fingerprint density at radius 1 is 1.29 bits per heavy atom. The molecule has 116 valence electrons. The first-order valence-electron chi connectivity index (χ1n) is 6.73. The third kappa shape index (κ3) is 4.63. The molecule has 1 fully saturated rings. The maximum atomic E-state index is 12.3. The standard InChI is InChI=1S/C15H20N2O3.ClH/c1-15(2,3)20-14(19)16-12-9-10-17(13(12)18)11-7-5-4-6-8-11;/h4-8,12H,9-10H2,1-3H3,(H,16,19);1H/t12-;/m1./s1. The van der Waals surface area contributed by atoms with Gasteiger partial charge in [-0.3, -0.25) is 4.79 Å². The van der Waals surface area contributed by atoms with Crippen LogP contribution in [-0.4, -0.2) is 30.2 Å². The zero-order chi connectivity index (χ0) is 14.8. The van der Waals surface area contributed by atoms with E-state index in [1.54, 1.807) is 25.7 Å². The first kappa shape index (κ1) is 17.3. The van der Waals surface area contributed by atoms with Crippen LogP contribution in [0.3, 0.4) is 0 Å². The fraction of sp³-hybridized carbons (Fsp3) is 0.467. The Hall–Kier alpha value is -1.75. The number of rotatable bonds is 2. The van der Waals surface area contributed by atoms with Gasteiger partial charge in [-0.2, -0.15) is 0 Å². The van der Waals surface area contributed by atoms with Crippen LogP contribution in [0.5, 0.6) is 0 Å². The van der Waals surface area contributed by atoms with Gasteiger partial charge in [0.1, 0.15) is 11.6 Å². The van der Waals surface area contributed by atoms with Gasteiger partial charge in [-0.15, -0.1) is 12.4 Å². The van der Waals surface area contributed by atoms with Crippen molar-refractivity contribution in [2.75, 3.05) is 11.4 Å². The van der Waals surface area contributed by atoms with Gasteiger partial charge >= 0.3 is 6.09 Å². The molecule has 0 aromatic heterocycles. The van der Waals surface area contributed by atoms with E-state index in [0.717, 1.165) is 5.69 Å². The van der Waals surface area contributed by atoms with Crippen molar-refractivity contribution in [3.8, 4) is 0 Å². The summed E-state index contributed by atoms with van der Waals surface area (Å²) in [6, 6.07) is 8.93. The third-order valence-corrected chi connectivity index (χ3v) is 2.96. The van der Waals surface area contributed by atoms with E-state index in [4.69, 9.17) is 4.74 Å². The number of ether oxygens (including phenoxy) is 1. The molecule has 6 heteroatoms. The highest BCUT2D eigenvalue weighted by molar-refractivity contribution is 6.00. The van der Waals surface area contributed by atoms with Gasteiger partial charge < -0.3 is 15.0 Å². The van der Waals surface area contributed by atoms with Crippen molar-refractivity contribution in [3.63, 3.8) is 0 Å². The van der Waals surface area contributed by atoms with Crippen molar-refractivity contribution in [1.29, 1.82) is 0 Å². The molecule has 1 aliphatic heterocycles. The van der Waals surface area contributed by atoms with Crippen LogP contribution < -0.4 is 10.2 Å². The molecule has 1 atom stereocenters. The van der Waals surface area contributed by atoms with Crippen LogP contribution in [0.25, 0.3) is 0 Å². The lowest BCUT2D eigenvalue weighted by atomic mass is 10.2. The van der Waals surface area contributed by atoms with Crippen LogP contribution in [0.2, 0.25) is 0 Å². The molecule has 0 radical (unpaired) electrons. The number of hydrogen-bond acceptors (Lipinski definition) is 3. The number of para-hydroxylation sites is 1. The van der Waals surface area contributed by atoms with E-state index >= 15 is 0 Å². The highest BCUT2D eigenvalue weighted by Gasteiger charge is 2.34. The van der Waals surface area contributed by atoms with E-state index in [9.17, 15) is 9.59 Å². The lowest BCUT2D eigenvalue weighted by molar-refractivity contribution is -0.118. The summed E-state index contributed by atoms with van der Waals surface area (Å²) in [4.78, 5) is 25.6. The van der Waals surface area contributed by atoms with Gasteiger partial charge in [0.25, 0.3) is 0 Å². The van der Waals surface area contributed by atoms with Gasteiger partial charge in [0, 0.05) is 12.2 Å². The van der Waals surface area contributed by atoms with E-state index < -0.39 is 17.7 Å². The lowest BCUT2D eigenvalue weighted by Gasteiger charge is -2.21. The zero-order valence-electron chi connectivity index (χ0n) is 12.5. The van der Waals surface area contributed by atoms with Crippen LogP contribution in [0, 0.1) is 0 Å². The van der Waals surface area contributed by atoms with Gasteiger partial charge in [-0.25, -0.2) is 4.79 Å². The molecule has 1 heterocycles. The second-order valence-electron chi connectivity index (χ2n) is 5.81. The summed E-state index contributed by atoms with van der Waals surface area (Å²) in [6.45, 7) is 5.97. The molecule has 1 N–H and O–H groups in total. The number of benzene rings is 1. The molecule has 1 aromatic rings. The number of carbonyl (C=O) groups is 2. The maximum absolute atomic E-state index is 12.3. The molecule has 2 rings (SSSR count). The Labute approximate surface area is 131 Å². The Morgan fingerprint density at radius 2 is 1.90 bits per heavy atom. The number of anilines is 1. The van der Waals surface area contributed by atoms with Gasteiger partial charge in [0.15, 0.2) is 0 Å². The smallest absolute Gasteiger partial charge is 0.408 e. The molecule has 0 saturated carbocycles.